The first-order valence-corrected chi connectivity index (χ1v) is 9.98. The summed E-state index contributed by atoms with van der Waals surface area (Å²) in [5.41, 5.74) is 1.91. The van der Waals surface area contributed by atoms with E-state index in [0.717, 1.165) is 30.9 Å². The molecule has 6 heteroatoms. The summed E-state index contributed by atoms with van der Waals surface area (Å²) < 4.78 is 10.5. The van der Waals surface area contributed by atoms with Crippen molar-refractivity contribution in [2.24, 2.45) is 11.8 Å². The molecular formula is C23H28N2O4. The topological polar surface area (TPSA) is 67.9 Å². The molecule has 2 aromatic rings. The van der Waals surface area contributed by atoms with E-state index >= 15 is 0 Å². The number of esters is 1. The Morgan fingerprint density at radius 1 is 0.931 bits per heavy atom. The molecule has 0 unspecified atom stereocenters. The van der Waals surface area contributed by atoms with Crippen molar-refractivity contribution in [2.75, 3.05) is 31.6 Å². The molecule has 29 heavy (non-hydrogen) atoms. The van der Waals surface area contributed by atoms with Gasteiger partial charge in [-0.2, -0.15) is 0 Å². The maximum absolute atomic E-state index is 12.3. The maximum atomic E-state index is 12.3. The molecule has 0 aliphatic carbocycles. The molecule has 0 aromatic heterocycles. The van der Waals surface area contributed by atoms with Crippen molar-refractivity contribution in [3.8, 4) is 5.75 Å². The van der Waals surface area contributed by atoms with Gasteiger partial charge < -0.3 is 19.7 Å². The van der Waals surface area contributed by atoms with Gasteiger partial charge in [-0.05, 0) is 54.7 Å². The van der Waals surface area contributed by atoms with Crippen LogP contribution in [-0.4, -0.2) is 43.1 Å². The SMILES string of the molecule is C[C@@H]1C[C@H](C)CN(C(=O)COC(=O)COc2ccc(Nc3ccccc3)cc2)C1. The summed E-state index contributed by atoms with van der Waals surface area (Å²) in [6.45, 7) is 5.25. The van der Waals surface area contributed by atoms with Gasteiger partial charge >= 0.3 is 5.97 Å². The molecule has 1 amide bonds. The number of hydrogen-bond donors (Lipinski definition) is 1. The molecule has 0 spiro atoms. The molecule has 6 nitrogen and oxygen atoms in total. The van der Waals surface area contributed by atoms with Crippen LogP contribution in [0.1, 0.15) is 20.3 Å². The maximum Gasteiger partial charge on any atom is 0.344 e. The third kappa shape index (κ3) is 6.52. The fourth-order valence-corrected chi connectivity index (χ4v) is 3.61. The highest BCUT2D eigenvalue weighted by atomic mass is 16.6. The summed E-state index contributed by atoms with van der Waals surface area (Å²) in [5, 5.41) is 3.28. The largest absolute Gasteiger partial charge is 0.482 e. The van der Waals surface area contributed by atoms with Crippen molar-refractivity contribution in [1.82, 2.24) is 4.90 Å². The molecule has 0 saturated carbocycles. The second-order valence-corrected chi connectivity index (χ2v) is 7.71. The van der Waals surface area contributed by atoms with Crippen LogP contribution < -0.4 is 10.1 Å². The van der Waals surface area contributed by atoms with Crippen molar-refractivity contribution in [3.63, 3.8) is 0 Å². The highest BCUT2D eigenvalue weighted by Gasteiger charge is 2.25. The molecule has 2 aromatic carbocycles. The second kappa shape index (κ2) is 9.96. The van der Waals surface area contributed by atoms with Gasteiger partial charge in [0.1, 0.15) is 5.75 Å². The van der Waals surface area contributed by atoms with Crippen LogP contribution in [0.25, 0.3) is 0 Å². The van der Waals surface area contributed by atoms with Gasteiger partial charge in [-0.3, -0.25) is 4.79 Å². The van der Waals surface area contributed by atoms with E-state index in [1.165, 1.54) is 0 Å². The highest BCUT2D eigenvalue weighted by molar-refractivity contribution is 5.81. The van der Waals surface area contributed by atoms with Crippen LogP contribution in [0.5, 0.6) is 5.75 Å². The minimum absolute atomic E-state index is 0.145. The number of likely N-dealkylation sites (tertiary alicyclic amines) is 1. The Kier molecular flexibility index (Phi) is 7.11. The first kappa shape index (κ1) is 20.7. The first-order valence-electron chi connectivity index (χ1n) is 9.98. The number of para-hydroxylation sites is 1. The van der Waals surface area contributed by atoms with Gasteiger partial charge in [0.25, 0.3) is 5.91 Å². The summed E-state index contributed by atoms with van der Waals surface area (Å²) in [7, 11) is 0. The molecular weight excluding hydrogens is 368 g/mol. The molecule has 1 heterocycles. The molecule has 2 atom stereocenters. The van der Waals surface area contributed by atoms with Crippen molar-refractivity contribution in [1.29, 1.82) is 0 Å². The lowest BCUT2D eigenvalue weighted by atomic mass is 9.92. The third-order valence-electron chi connectivity index (χ3n) is 4.85. The molecule has 1 saturated heterocycles. The van der Waals surface area contributed by atoms with Gasteiger partial charge in [0, 0.05) is 24.5 Å². The molecule has 1 aliphatic heterocycles. The van der Waals surface area contributed by atoms with Crippen molar-refractivity contribution in [2.45, 2.75) is 20.3 Å². The van der Waals surface area contributed by atoms with Crippen molar-refractivity contribution in [3.05, 3.63) is 54.6 Å². The molecule has 1 fully saturated rings. The lowest BCUT2D eigenvalue weighted by Crippen LogP contribution is -2.44. The Morgan fingerprint density at radius 2 is 1.55 bits per heavy atom. The predicted molar refractivity (Wildman–Crippen MR) is 112 cm³/mol. The number of ether oxygens (including phenoxy) is 2. The average molecular weight is 396 g/mol. The smallest absolute Gasteiger partial charge is 0.344 e. The fourth-order valence-electron chi connectivity index (χ4n) is 3.61. The Bertz CT molecular complexity index is 797. The van der Waals surface area contributed by atoms with Crippen LogP contribution in [0.3, 0.4) is 0 Å². The number of benzene rings is 2. The molecule has 1 aliphatic rings. The number of carbonyl (C=O) groups is 2. The van der Waals surface area contributed by atoms with Crippen LogP contribution in [-0.2, 0) is 14.3 Å². The van der Waals surface area contributed by atoms with E-state index in [0.29, 0.717) is 17.6 Å². The first-order chi connectivity index (χ1) is 14.0. The van der Waals surface area contributed by atoms with Crippen molar-refractivity contribution < 1.29 is 19.1 Å². The van der Waals surface area contributed by atoms with Crippen LogP contribution >= 0.6 is 0 Å². The zero-order valence-electron chi connectivity index (χ0n) is 17.0. The highest BCUT2D eigenvalue weighted by Crippen LogP contribution is 2.21. The zero-order chi connectivity index (χ0) is 20.6. The van der Waals surface area contributed by atoms with E-state index in [1.54, 1.807) is 17.0 Å². The number of piperidine rings is 1. The third-order valence-corrected chi connectivity index (χ3v) is 4.85. The zero-order valence-corrected chi connectivity index (χ0v) is 17.0. The number of amides is 1. The Morgan fingerprint density at radius 3 is 2.21 bits per heavy atom. The summed E-state index contributed by atoms with van der Waals surface area (Å²) in [6.07, 6.45) is 1.12. The normalized spacial score (nSPS) is 18.8. The van der Waals surface area contributed by atoms with Gasteiger partial charge in [-0.25, -0.2) is 4.79 Å². The van der Waals surface area contributed by atoms with E-state index < -0.39 is 5.97 Å². The Labute approximate surface area is 171 Å². The number of carbonyl (C=O) groups excluding carboxylic acids is 2. The summed E-state index contributed by atoms with van der Waals surface area (Å²) >= 11 is 0. The number of hydrogen-bond acceptors (Lipinski definition) is 5. The number of anilines is 2. The Hall–Kier alpha value is -3.02. The quantitative estimate of drug-likeness (QED) is 0.720. The Balaban J connectivity index is 1.39. The summed E-state index contributed by atoms with van der Waals surface area (Å²) in [6, 6.07) is 17.1. The van der Waals surface area contributed by atoms with E-state index in [2.05, 4.69) is 19.2 Å². The van der Waals surface area contributed by atoms with Gasteiger partial charge in [0.15, 0.2) is 13.2 Å². The van der Waals surface area contributed by atoms with E-state index in [-0.39, 0.29) is 19.1 Å². The minimum Gasteiger partial charge on any atom is -0.482 e. The van der Waals surface area contributed by atoms with Gasteiger partial charge in [0.2, 0.25) is 0 Å². The second-order valence-electron chi connectivity index (χ2n) is 7.71. The molecule has 3 rings (SSSR count). The van der Waals surface area contributed by atoms with Gasteiger partial charge in [-0.1, -0.05) is 32.0 Å². The lowest BCUT2D eigenvalue weighted by Gasteiger charge is -2.34. The van der Waals surface area contributed by atoms with Crippen LogP contribution in [0, 0.1) is 11.8 Å². The van der Waals surface area contributed by atoms with E-state index in [4.69, 9.17) is 9.47 Å². The molecule has 1 N–H and O–H groups in total. The predicted octanol–water partition coefficient (Wildman–Crippen LogP) is 3.86. The van der Waals surface area contributed by atoms with Gasteiger partial charge in [-0.15, -0.1) is 0 Å². The van der Waals surface area contributed by atoms with Crippen LogP contribution in [0.4, 0.5) is 11.4 Å². The molecule has 0 radical (unpaired) electrons. The standard InChI is InChI=1S/C23H28N2O4/c1-17-12-18(2)14-25(13-17)22(26)15-29-23(27)16-28-21-10-8-20(9-11-21)24-19-6-4-3-5-7-19/h3-11,17-18,24H,12-16H2,1-2H3/t17-,18+. The van der Waals surface area contributed by atoms with E-state index in [1.807, 2.05) is 42.5 Å². The number of rotatable bonds is 7. The van der Waals surface area contributed by atoms with Crippen LogP contribution in [0.15, 0.2) is 54.6 Å². The summed E-state index contributed by atoms with van der Waals surface area (Å²) in [4.78, 5) is 25.9. The lowest BCUT2D eigenvalue weighted by molar-refractivity contribution is -0.154. The monoisotopic (exact) mass is 396 g/mol. The number of nitrogens with one attached hydrogen (secondary N) is 1. The molecule has 0 bridgehead atoms. The molecule has 154 valence electrons. The van der Waals surface area contributed by atoms with Crippen molar-refractivity contribution >= 4 is 23.3 Å². The summed E-state index contributed by atoms with van der Waals surface area (Å²) in [5.74, 6) is 0.809. The average Bonchev–Trinajstić information content (AvgIpc) is 2.71. The fraction of sp³-hybridized carbons (Fsp3) is 0.391. The van der Waals surface area contributed by atoms with Crippen LogP contribution in [0.2, 0.25) is 0 Å². The van der Waals surface area contributed by atoms with E-state index in [9.17, 15) is 9.59 Å². The van der Waals surface area contributed by atoms with Gasteiger partial charge in [0.05, 0.1) is 0 Å². The minimum atomic E-state index is -0.553. The number of nitrogens with zero attached hydrogens (tertiary/aromatic N) is 1.